The van der Waals surface area contributed by atoms with Gasteiger partial charge < -0.3 is 10.2 Å². The highest BCUT2D eigenvalue weighted by atomic mass is 16.3. The highest BCUT2D eigenvalue weighted by molar-refractivity contribution is 5.32. The van der Waals surface area contributed by atoms with Gasteiger partial charge in [0.2, 0.25) is 0 Å². The van der Waals surface area contributed by atoms with E-state index in [-0.39, 0.29) is 0 Å². The summed E-state index contributed by atoms with van der Waals surface area (Å²) < 4.78 is 0. The zero-order chi connectivity index (χ0) is 32.0. The van der Waals surface area contributed by atoms with Crippen LogP contribution in [0, 0.1) is 0 Å². The molecule has 0 rings (SSSR count). The van der Waals surface area contributed by atoms with Crippen LogP contribution in [-0.4, -0.2) is 21.9 Å². The van der Waals surface area contributed by atoms with Crippen molar-refractivity contribution in [2.75, 3.05) is 0 Å². The largest absolute Gasteiger partial charge is 0.387 e. The molecule has 0 amide bonds. The van der Waals surface area contributed by atoms with E-state index in [2.05, 4.69) is 102 Å². The Labute approximate surface area is 258 Å². The number of hydrogen-bond donors (Lipinski definition) is 2. The van der Waals surface area contributed by atoms with Gasteiger partial charge in [0.05, 0.1) is 5.60 Å². The third-order valence-corrected chi connectivity index (χ3v) is 6.48. The molecule has 0 unspecified atom stereocenters. The van der Waals surface area contributed by atoms with Gasteiger partial charge in [0.15, 0.2) is 0 Å². The third-order valence-electron chi connectivity index (χ3n) is 6.48. The smallest absolute Gasteiger partial charge is 0.101 e. The van der Waals surface area contributed by atoms with Gasteiger partial charge in [-0.15, -0.1) is 0 Å². The predicted octanol–water partition coefficient (Wildman–Crippen LogP) is 11.1. The molecular weight excluding hydrogens is 512 g/mol. The molecule has 230 valence electrons. The Bertz CT molecular complexity index is 1170. The van der Waals surface area contributed by atoms with Crippen molar-refractivity contribution in [3.8, 4) is 0 Å². The Morgan fingerprint density at radius 1 is 0.571 bits per heavy atom. The summed E-state index contributed by atoms with van der Waals surface area (Å²) in [6.45, 7) is 20.5. The summed E-state index contributed by atoms with van der Waals surface area (Å²) in [4.78, 5) is 0. The second-order valence-corrected chi connectivity index (χ2v) is 11.9. The number of hydrogen-bond acceptors (Lipinski definition) is 2. The van der Waals surface area contributed by atoms with Crippen molar-refractivity contribution in [3.63, 3.8) is 0 Å². The molecule has 0 spiro atoms. The number of aliphatic hydroxyl groups is 2. The fraction of sp³-hybridized carbons (Fsp3) is 0.400. The van der Waals surface area contributed by atoms with Crippen LogP contribution >= 0.6 is 0 Å². The summed E-state index contributed by atoms with van der Waals surface area (Å²) in [6, 6.07) is 0. The van der Waals surface area contributed by atoms with E-state index in [0.717, 1.165) is 30.4 Å². The zero-order valence-electron chi connectivity index (χ0n) is 28.1. The molecule has 0 aliphatic rings. The Morgan fingerprint density at radius 2 is 0.976 bits per heavy atom. The molecule has 0 aliphatic heterocycles. The van der Waals surface area contributed by atoms with Gasteiger partial charge in [-0.25, -0.2) is 0 Å². The lowest BCUT2D eigenvalue weighted by Gasteiger charge is -2.26. The van der Waals surface area contributed by atoms with Crippen LogP contribution in [-0.2, 0) is 0 Å². The van der Waals surface area contributed by atoms with Gasteiger partial charge in [0.1, 0.15) is 6.10 Å². The molecule has 2 nitrogen and oxygen atoms in total. The summed E-state index contributed by atoms with van der Waals surface area (Å²) in [7, 11) is 0. The average molecular weight is 571 g/mol. The minimum atomic E-state index is -1.15. The van der Waals surface area contributed by atoms with Crippen molar-refractivity contribution < 1.29 is 10.2 Å². The van der Waals surface area contributed by atoms with Crippen LogP contribution in [0.15, 0.2) is 142 Å². The number of rotatable bonds is 17. The van der Waals surface area contributed by atoms with E-state index in [1.165, 1.54) is 27.9 Å². The summed E-state index contributed by atoms with van der Waals surface area (Å²) in [6.07, 6.45) is 37.5. The Kier molecular flexibility index (Phi) is 20.7. The van der Waals surface area contributed by atoms with Crippen molar-refractivity contribution in [3.05, 3.63) is 142 Å². The fourth-order valence-corrected chi connectivity index (χ4v) is 3.63. The van der Waals surface area contributed by atoms with Gasteiger partial charge in [0, 0.05) is 0 Å². The topological polar surface area (TPSA) is 40.5 Å². The lowest BCUT2D eigenvalue weighted by Crippen LogP contribution is -2.37. The highest BCUT2D eigenvalue weighted by Gasteiger charge is 2.27. The van der Waals surface area contributed by atoms with Crippen molar-refractivity contribution >= 4 is 0 Å². The maximum atomic E-state index is 10.5. The Balaban J connectivity index is 4.81. The molecule has 0 saturated carbocycles. The van der Waals surface area contributed by atoms with Gasteiger partial charge in [-0.3, -0.25) is 0 Å². The van der Waals surface area contributed by atoms with Crippen LogP contribution < -0.4 is 0 Å². The minimum absolute atomic E-state index is 0.513. The molecule has 0 aromatic rings. The molecule has 0 aromatic heterocycles. The first kappa shape index (κ1) is 38.8. The SMILES string of the molecule is CC(C)=CCC/C(C)=C/C=C/C(C)=C/C=C/C(C)=C/C=C/C=C(C)/C=C/C=C(C)/C=C/[C@H](O)[C@](C)(O)CCC=C(C)C. The average Bonchev–Trinajstić information content (AvgIpc) is 2.89. The maximum absolute atomic E-state index is 10.5. The molecule has 0 bridgehead atoms. The molecule has 0 saturated heterocycles. The normalized spacial score (nSPS) is 16.8. The van der Waals surface area contributed by atoms with E-state index in [9.17, 15) is 10.2 Å². The molecular formula is C40H58O2. The first-order valence-corrected chi connectivity index (χ1v) is 15.1. The lowest BCUT2D eigenvalue weighted by atomic mass is 9.92. The molecule has 0 aliphatic carbocycles. The van der Waals surface area contributed by atoms with E-state index in [1.54, 1.807) is 13.0 Å². The molecule has 0 radical (unpaired) electrons. The van der Waals surface area contributed by atoms with Gasteiger partial charge in [-0.05, 0) is 94.9 Å². The molecule has 2 atom stereocenters. The van der Waals surface area contributed by atoms with Crippen LogP contribution in [0.1, 0.15) is 94.9 Å². The predicted molar refractivity (Wildman–Crippen MR) is 188 cm³/mol. The van der Waals surface area contributed by atoms with E-state index >= 15 is 0 Å². The maximum Gasteiger partial charge on any atom is 0.101 e. The second kappa shape index (κ2) is 22.4. The highest BCUT2D eigenvalue weighted by Crippen LogP contribution is 2.19. The van der Waals surface area contributed by atoms with Gasteiger partial charge in [-0.1, -0.05) is 142 Å². The van der Waals surface area contributed by atoms with E-state index < -0.39 is 11.7 Å². The summed E-state index contributed by atoms with van der Waals surface area (Å²) in [5, 5.41) is 20.9. The quantitative estimate of drug-likeness (QED) is 0.135. The standard InChI is InChI=1S/C40H58O2/c1-32(2)18-13-22-36(7)25-15-27-37(8)26-14-23-34(5)20-11-12-21-35(6)24-16-28-38(9)29-30-39(41)40(10,42)31-17-19-33(3)4/h11-12,14-16,18-21,23-30,39,41-42H,13,17,22,31H2,1-10H3/b12-11+,23-14+,24-16+,27-15+,30-29+,34-20+,35-21+,36-25+,37-26+,38-28+/t39-,40+/m0/s1. The van der Waals surface area contributed by atoms with Crippen LogP contribution in [0.3, 0.4) is 0 Å². The Morgan fingerprint density at radius 3 is 1.45 bits per heavy atom. The first-order valence-electron chi connectivity index (χ1n) is 15.1. The van der Waals surface area contributed by atoms with E-state index in [1.807, 2.05) is 57.2 Å². The third kappa shape index (κ3) is 22.5. The summed E-state index contributed by atoms with van der Waals surface area (Å²) >= 11 is 0. The first-order chi connectivity index (χ1) is 19.7. The molecule has 0 heterocycles. The van der Waals surface area contributed by atoms with Crippen molar-refractivity contribution in [2.24, 2.45) is 0 Å². The van der Waals surface area contributed by atoms with Gasteiger partial charge in [0.25, 0.3) is 0 Å². The van der Waals surface area contributed by atoms with Crippen molar-refractivity contribution in [1.82, 2.24) is 0 Å². The number of allylic oxidation sites excluding steroid dienone is 23. The fourth-order valence-electron chi connectivity index (χ4n) is 3.63. The van der Waals surface area contributed by atoms with E-state index in [4.69, 9.17) is 0 Å². The second-order valence-electron chi connectivity index (χ2n) is 11.9. The Hall–Kier alpha value is -3.20. The van der Waals surface area contributed by atoms with Crippen molar-refractivity contribution in [2.45, 2.75) is 107 Å². The molecule has 0 fully saturated rings. The van der Waals surface area contributed by atoms with Crippen molar-refractivity contribution in [1.29, 1.82) is 0 Å². The lowest BCUT2D eigenvalue weighted by molar-refractivity contribution is -0.0427. The van der Waals surface area contributed by atoms with Gasteiger partial charge >= 0.3 is 0 Å². The van der Waals surface area contributed by atoms with E-state index in [0.29, 0.717) is 6.42 Å². The van der Waals surface area contributed by atoms with Crippen LogP contribution in [0.5, 0.6) is 0 Å². The summed E-state index contributed by atoms with van der Waals surface area (Å²) in [5.41, 5.74) is 7.37. The number of aliphatic hydroxyl groups excluding tert-OH is 1. The monoisotopic (exact) mass is 570 g/mol. The minimum Gasteiger partial charge on any atom is -0.387 e. The molecule has 2 heteroatoms. The zero-order valence-corrected chi connectivity index (χ0v) is 28.1. The molecule has 0 aromatic carbocycles. The van der Waals surface area contributed by atoms with Crippen LogP contribution in [0.4, 0.5) is 0 Å². The summed E-state index contributed by atoms with van der Waals surface area (Å²) in [5.74, 6) is 0. The van der Waals surface area contributed by atoms with Crippen LogP contribution in [0.2, 0.25) is 0 Å². The molecule has 2 N–H and O–H groups in total. The van der Waals surface area contributed by atoms with Gasteiger partial charge in [-0.2, -0.15) is 0 Å². The van der Waals surface area contributed by atoms with Crippen LogP contribution in [0.25, 0.3) is 0 Å². The molecule has 42 heavy (non-hydrogen) atoms.